The fourth-order valence-electron chi connectivity index (χ4n) is 1.56. The first-order valence-corrected chi connectivity index (χ1v) is 6.11. The summed E-state index contributed by atoms with van der Waals surface area (Å²) in [6.07, 6.45) is 0. The molecule has 4 N–H and O–H groups in total. The molecule has 4 nitrogen and oxygen atoms in total. The number of halogens is 2. The van der Waals surface area contributed by atoms with E-state index in [9.17, 15) is 9.18 Å². The molecule has 2 aromatic rings. The average molecular weight is 325 g/mol. The van der Waals surface area contributed by atoms with Crippen molar-refractivity contribution in [2.45, 2.75) is 0 Å². The molecule has 0 saturated carbocycles. The first-order valence-electron chi connectivity index (χ1n) is 5.32. The maximum Gasteiger partial charge on any atom is 0.337 e. The number of nitrogens with one attached hydrogen (secondary N) is 1. The van der Waals surface area contributed by atoms with Crippen molar-refractivity contribution < 1.29 is 14.3 Å². The number of nitrogen functional groups attached to an aromatic ring is 1. The van der Waals surface area contributed by atoms with Crippen molar-refractivity contribution in [1.29, 1.82) is 0 Å². The molecule has 0 saturated heterocycles. The zero-order valence-electron chi connectivity index (χ0n) is 9.65. The molecule has 0 radical (unpaired) electrons. The highest BCUT2D eigenvalue weighted by Crippen LogP contribution is 2.26. The summed E-state index contributed by atoms with van der Waals surface area (Å²) in [6.45, 7) is 0. The van der Waals surface area contributed by atoms with E-state index in [1.54, 1.807) is 24.3 Å². The molecule has 0 bridgehead atoms. The van der Waals surface area contributed by atoms with Crippen LogP contribution in [-0.2, 0) is 0 Å². The topological polar surface area (TPSA) is 75.3 Å². The summed E-state index contributed by atoms with van der Waals surface area (Å²) in [5, 5.41) is 11.8. The van der Waals surface area contributed by atoms with E-state index >= 15 is 0 Å². The lowest BCUT2D eigenvalue weighted by atomic mass is 10.1. The van der Waals surface area contributed by atoms with Gasteiger partial charge in [0.15, 0.2) is 0 Å². The number of hydrogen-bond donors (Lipinski definition) is 3. The first-order chi connectivity index (χ1) is 8.97. The third-order valence-electron chi connectivity index (χ3n) is 2.49. The summed E-state index contributed by atoms with van der Waals surface area (Å²) in [7, 11) is 0. The third-order valence-corrected chi connectivity index (χ3v) is 3.02. The minimum Gasteiger partial charge on any atom is -0.478 e. The maximum atomic E-state index is 13.7. The van der Waals surface area contributed by atoms with Crippen molar-refractivity contribution in [1.82, 2.24) is 0 Å². The molecule has 0 aliphatic carbocycles. The van der Waals surface area contributed by atoms with Gasteiger partial charge in [-0.1, -0.05) is 15.9 Å². The van der Waals surface area contributed by atoms with Gasteiger partial charge in [-0.05, 0) is 36.4 Å². The number of aromatic carboxylic acids is 1. The Labute approximate surface area is 117 Å². The van der Waals surface area contributed by atoms with E-state index in [0.29, 0.717) is 5.69 Å². The first kappa shape index (κ1) is 13.4. The van der Waals surface area contributed by atoms with Crippen LogP contribution in [0, 0.1) is 5.82 Å². The second-order valence-electron chi connectivity index (χ2n) is 3.86. The largest absolute Gasteiger partial charge is 0.478 e. The van der Waals surface area contributed by atoms with Crippen molar-refractivity contribution in [3.05, 3.63) is 52.3 Å². The zero-order valence-corrected chi connectivity index (χ0v) is 11.2. The van der Waals surface area contributed by atoms with E-state index in [4.69, 9.17) is 10.8 Å². The number of rotatable bonds is 3. The van der Waals surface area contributed by atoms with Crippen LogP contribution in [-0.4, -0.2) is 11.1 Å². The SMILES string of the molecule is Nc1cc(F)c(Nc2ccc(Br)cc2)cc1C(=O)O. The number of carboxylic acid groups (broad SMARTS) is 1. The number of nitrogens with two attached hydrogens (primary N) is 1. The molecule has 0 unspecified atom stereocenters. The van der Waals surface area contributed by atoms with Gasteiger partial charge in [-0.25, -0.2) is 9.18 Å². The van der Waals surface area contributed by atoms with Crippen molar-refractivity contribution >= 4 is 39.0 Å². The lowest BCUT2D eigenvalue weighted by Gasteiger charge is -2.10. The van der Waals surface area contributed by atoms with Gasteiger partial charge in [-0.3, -0.25) is 0 Å². The average Bonchev–Trinajstić information content (AvgIpc) is 2.34. The molecule has 0 aliphatic heterocycles. The Morgan fingerprint density at radius 3 is 2.47 bits per heavy atom. The van der Waals surface area contributed by atoms with E-state index in [1.165, 1.54) is 6.07 Å². The van der Waals surface area contributed by atoms with Crippen LogP contribution in [0.3, 0.4) is 0 Å². The molecule has 0 fully saturated rings. The van der Waals surface area contributed by atoms with Gasteiger partial charge in [0.1, 0.15) is 5.82 Å². The van der Waals surface area contributed by atoms with Gasteiger partial charge in [0, 0.05) is 15.8 Å². The molecule has 0 atom stereocenters. The Bertz CT molecular complexity index is 629. The Morgan fingerprint density at radius 2 is 1.89 bits per heavy atom. The maximum absolute atomic E-state index is 13.7. The lowest BCUT2D eigenvalue weighted by molar-refractivity contribution is 0.0698. The van der Waals surface area contributed by atoms with E-state index in [2.05, 4.69) is 21.2 Å². The monoisotopic (exact) mass is 324 g/mol. The van der Waals surface area contributed by atoms with Crippen molar-refractivity contribution in [2.24, 2.45) is 0 Å². The van der Waals surface area contributed by atoms with Crippen LogP contribution in [0.25, 0.3) is 0 Å². The molecule has 98 valence electrons. The van der Waals surface area contributed by atoms with Crippen LogP contribution in [0.15, 0.2) is 40.9 Å². The predicted octanol–water partition coefficient (Wildman–Crippen LogP) is 3.61. The number of hydrogen-bond acceptors (Lipinski definition) is 3. The molecule has 2 rings (SSSR count). The minimum atomic E-state index is -1.20. The molecule has 0 aliphatic rings. The van der Waals surface area contributed by atoms with Crippen LogP contribution in [0.5, 0.6) is 0 Å². The molecule has 19 heavy (non-hydrogen) atoms. The van der Waals surface area contributed by atoms with Gasteiger partial charge >= 0.3 is 5.97 Å². The van der Waals surface area contributed by atoms with Crippen molar-refractivity contribution in [2.75, 3.05) is 11.1 Å². The highest BCUT2D eigenvalue weighted by atomic mass is 79.9. The number of carboxylic acids is 1. The van der Waals surface area contributed by atoms with Crippen LogP contribution in [0.1, 0.15) is 10.4 Å². The van der Waals surface area contributed by atoms with E-state index in [-0.39, 0.29) is 16.9 Å². The summed E-state index contributed by atoms with van der Waals surface area (Å²) >= 11 is 3.29. The summed E-state index contributed by atoms with van der Waals surface area (Å²) in [6, 6.07) is 9.21. The van der Waals surface area contributed by atoms with Gasteiger partial charge in [0.2, 0.25) is 0 Å². The highest BCUT2D eigenvalue weighted by Gasteiger charge is 2.13. The van der Waals surface area contributed by atoms with Crippen molar-refractivity contribution in [3.8, 4) is 0 Å². The second kappa shape index (κ2) is 5.27. The fraction of sp³-hybridized carbons (Fsp3) is 0. The predicted molar refractivity (Wildman–Crippen MR) is 75.2 cm³/mol. The molecule has 6 heteroatoms. The Balaban J connectivity index is 2.37. The molecule has 0 spiro atoms. The Morgan fingerprint density at radius 1 is 1.26 bits per heavy atom. The fourth-order valence-corrected chi connectivity index (χ4v) is 1.82. The van der Waals surface area contributed by atoms with E-state index < -0.39 is 11.8 Å². The smallest absolute Gasteiger partial charge is 0.337 e. The molecular weight excluding hydrogens is 315 g/mol. The Kier molecular flexibility index (Phi) is 3.71. The second-order valence-corrected chi connectivity index (χ2v) is 4.77. The number of carbonyl (C=O) groups is 1. The normalized spacial score (nSPS) is 10.2. The van der Waals surface area contributed by atoms with Gasteiger partial charge < -0.3 is 16.2 Å². The van der Waals surface area contributed by atoms with Crippen LogP contribution in [0.4, 0.5) is 21.5 Å². The quantitative estimate of drug-likeness (QED) is 0.754. The van der Waals surface area contributed by atoms with Crippen LogP contribution < -0.4 is 11.1 Å². The number of anilines is 3. The molecule has 0 amide bonds. The van der Waals surface area contributed by atoms with Gasteiger partial charge in [-0.2, -0.15) is 0 Å². The summed E-state index contributed by atoms with van der Waals surface area (Å²) < 4.78 is 14.6. The lowest BCUT2D eigenvalue weighted by Crippen LogP contribution is -2.05. The minimum absolute atomic E-state index is 0.0638. The van der Waals surface area contributed by atoms with E-state index in [1.807, 2.05) is 0 Å². The van der Waals surface area contributed by atoms with Crippen molar-refractivity contribution in [3.63, 3.8) is 0 Å². The van der Waals surface area contributed by atoms with E-state index in [0.717, 1.165) is 10.5 Å². The molecule has 0 aromatic heterocycles. The summed E-state index contributed by atoms with van der Waals surface area (Å²) in [5.74, 6) is -1.80. The van der Waals surface area contributed by atoms with Gasteiger partial charge in [0.05, 0.1) is 11.3 Å². The molecule has 2 aromatic carbocycles. The standard InChI is InChI=1S/C13H10BrFN2O2/c14-7-1-3-8(4-2-7)17-12-5-9(13(18)19)11(16)6-10(12)15/h1-6,17H,16H2,(H,18,19). The Hall–Kier alpha value is -2.08. The molecule has 0 heterocycles. The third kappa shape index (κ3) is 3.03. The molecular formula is C13H10BrFN2O2. The summed E-state index contributed by atoms with van der Waals surface area (Å²) in [5.41, 5.74) is 5.91. The zero-order chi connectivity index (χ0) is 14.0. The van der Waals surface area contributed by atoms with Crippen LogP contribution in [0.2, 0.25) is 0 Å². The summed E-state index contributed by atoms with van der Waals surface area (Å²) in [4.78, 5) is 10.9. The van der Waals surface area contributed by atoms with Gasteiger partial charge in [0.25, 0.3) is 0 Å². The van der Waals surface area contributed by atoms with Crippen LogP contribution >= 0.6 is 15.9 Å². The van der Waals surface area contributed by atoms with Gasteiger partial charge in [-0.15, -0.1) is 0 Å². The number of benzene rings is 2. The highest BCUT2D eigenvalue weighted by molar-refractivity contribution is 9.10.